The molecule has 0 aromatic heterocycles. The van der Waals surface area contributed by atoms with Gasteiger partial charge in [-0.3, -0.25) is 0 Å². The summed E-state index contributed by atoms with van der Waals surface area (Å²) in [6.45, 7) is 3.38. The van der Waals surface area contributed by atoms with Crippen LogP contribution in [0.5, 0.6) is 0 Å². The van der Waals surface area contributed by atoms with E-state index in [2.05, 4.69) is 19.1 Å². The van der Waals surface area contributed by atoms with Gasteiger partial charge < -0.3 is 5.73 Å². The third-order valence-corrected chi connectivity index (χ3v) is 0.524. The van der Waals surface area contributed by atoms with E-state index in [1.807, 2.05) is 0 Å². The third kappa shape index (κ3) is 4.05. The lowest BCUT2D eigenvalue weighted by molar-refractivity contribution is 1.12. The van der Waals surface area contributed by atoms with E-state index in [-0.39, 0.29) is 6.04 Å². The SMILES string of the molecule is [CH2]C(N)C=S. The predicted molar refractivity (Wildman–Crippen MR) is 27.0 cm³/mol. The maximum absolute atomic E-state index is 5.02. The molecule has 0 aromatic rings. The van der Waals surface area contributed by atoms with Crippen molar-refractivity contribution in [3.63, 3.8) is 0 Å². The Morgan fingerprint density at radius 2 is 2.20 bits per heavy atom. The maximum atomic E-state index is 5.02. The summed E-state index contributed by atoms with van der Waals surface area (Å²) in [5, 5.41) is 1.42. The van der Waals surface area contributed by atoms with Gasteiger partial charge >= 0.3 is 0 Å². The predicted octanol–water partition coefficient (Wildman–Crippen LogP) is 0.147. The Kier molecular flexibility index (Phi) is 2.32. The standard InChI is InChI=1S/C3H6NS/c1-3(4)2-5/h2-3H,1,4H2. The van der Waals surface area contributed by atoms with Gasteiger partial charge in [0.15, 0.2) is 0 Å². The minimum Gasteiger partial charge on any atom is -0.324 e. The fourth-order valence-electron chi connectivity index (χ4n) is 0. The van der Waals surface area contributed by atoms with Crippen LogP contribution in [-0.4, -0.2) is 11.4 Å². The summed E-state index contributed by atoms with van der Waals surface area (Å²) >= 11 is 4.36. The minimum atomic E-state index is -0.176. The summed E-state index contributed by atoms with van der Waals surface area (Å²) in [4.78, 5) is 0. The zero-order chi connectivity index (χ0) is 4.28. The molecular weight excluding hydrogens is 82.1 g/mol. The lowest BCUT2D eigenvalue weighted by Gasteiger charge is -1.83. The van der Waals surface area contributed by atoms with Crippen LogP contribution in [-0.2, 0) is 0 Å². The first-order chi connectivity index (χ1) is 2.27. The van der Waals surface area contributed by atoms with Crippen LogP contribution in [0.25, 0.3) is 0 Å². The molecule has 5 heavy (non-hydrogen) atoms. The lowest BCUT2D eigenvalue weighted by Crippen LogP contribution is -2.14. The maximum Gasteiger partial charge on any atom is 0.0329 e. The van der Waals surface area contributed by atoms with Crippen molar-refractivity contribution in [3.05, 3.63) is 6.92 Å². The van der Waals surface area contributed by atoms with Crippen molar-refractivity contribution in [3.8, 4) is 0 Å². The van der Waals surface area contributed by atoms with E-state index < -0.39 is 0 Å². The molecule has 0 rings (SSSR count). The Morgan fingerprint density at radius 3 is 2.20 bits per heavy atom. The van der Waals surface area contributed by atoms with Gasteiger partial charge in [0.2, 0.25) is 0 Å². The van der Waals surface area contributed by atoms with Crippen LogP contribution in [0.3, 0.4) is 0 Å². The fraction of sp³-hybridized carbons (Fsp3) is 0.333. The van der Waals surface area contributed by atoms with Gasteiger partial charge in [-0.2, -0.15) is 0 Å². The molecule has 1 radical (unpaired) electrons. The minimum absolute atomic E-state index is 0.176. The average molecular weight is 88.2 g/mol. The molecule has 0 saturated carbocycles. The van der Waals surface area contributed by atoms with Gasteiger partial charge in [-0.1, -0.05) is 12.2 Å². The molecule has 1 unspecified atom stereocenters. The number of nitrogens with two attached hydrogens (primary N) is 1. The highest BCUT2D eigenvalue weighted by Gasteiger charge is 1.75. The van der Waals surface area contributed by atoms with E-state index >= 15 is 0 Å². The smallest absolute Gasteiger partial charge is 0.0329 e. The molecule has 0 spiro atoms. The Balaban J connectivity index is 2.83. The highest BCUT2D eigenvalue weighted by atomic mass is 32.1. The molecule has 0 fully saturated rings. The summed E-state index contributed by atoms with van der Waals surface area (Å²) in [6.07, 6.45) is 0. The highest BCUT2D eigenvalue weighted by Crippen LogP contribution is 1.59. The molecule has 0 saturated heterocycles. The van der Waals surface area contributed by atoms with E-state index in [1.54, 1.807) is 0 Å². The van der Waals surface area contributed by atoms with Crippen molar-refractivity contribution < 1.29 is 0 Å². The van der Waals surface area contributed by atoms with Gasteiger partial charge in [0.1, 0.15) is 0 Å². The van der Waals surface area contributed by atoms with Crippen LogP contribution in [0.1, 0.15) is 0 Å². The van der Waals surface area contributed by atoms with E-state index in [1.165, 1.54) is 5.37 Å². The van der Waals surface area contributed by atoms with Gasteiger partial charge in [0.25, 0.3) is 0 Å². The number of hydrogen-bond donors (Lipinski definition) is 1. The second-order valence-electron chi connectivity index (χ2n) is 0.800. The normalized spacial score (nSPS) is 14.0. The first-order valence-corrected chi connectivity index (χ1v) is 1.78. The van der Waals surface area contributed by atoms with Gasteiger partial charge in [-0.25, -0.2) is 0 Å². The molecule has 29 valence electrons. The molecule has 2 heteroatoms. The molecule has 0 amide bonds. The highest BCUT2D eigenvalue weighted by molar-refractivity contribution is 7.79. The van der Waals surface area contributed by atoms with Crippen LogP contribution < -0.4 is 5.73 Å². The zero-order valence-corrected chi connectivity index (χ0v) is 3.66. The number of rotatable bonds is 1. The van der Waals surface area contributed by atoms with Crippen LogP contribution in [0.4, 0.5) is 0 Å². The Morgan fingerprint density at radius 1 is 2.00 bits per heavy atom. The van der Waals surface area contributed by atoms with E-state index in [0.29, 0.717) is 0 Å². The summed E-state index contributed by atoms with van der Waals surface area (Å²) < 4.78 is 0. The summed E-state index contributed by atoms with van der Waals surface area (Å²) in [5.74, 6) is 0. The van der Waals surface area contributed by atoms with Gasteiger partial charge in [-0.05, 0) is 12.3 Å². The molecule has 0 aliphatic rings. The van der Waals surface area contributed by atoms with Crippen molar-refractivity contribution >= 4 is 17.6 Å². The summed E-state index contributed by atoms with van der Waals surface area (Å²) in [6, 6.07) is -0.176. The quantitative estimate of drug-likeness (QED) is 0.462. The summed E-state index contributed by atoms with van der Waals surface area (Å²) in [7, 11) is 0. The lowest BCUT2D eigenvalue weighted by atomic mass is 10.4. The van der Waals surface area contributed by atoms with E-state index in [0.717, 1.165) is 0 Å². The first kappa shape index (κ1) is 5.05. The van der Waals surface area contributed by atoms with Crippen LogP contribution in [0.2, 0.25) is 0 Å². The zero-order valence-electron chi connectivity index (χ0n) is 2.85. The number of hydrogen-bond acceptors (Lipinski definition) is 2. The number of thiocarbonyl (C=S) groups is 1. The van der Waals surface area contributed by atoms with Gasteiger partial charge in [-0.15, -0.1) is 0 Å². The van der Waals surface area contributed by atoms with Gasteiger partial charge in [0.05, 0.1) is 0 Å². The van der Waals surface area contributed by atoms with Crippen LogP contribution in [0.15, 0.2) is 0 Å². The molecule has 0 aliphatic carbocycles. The largest absolute Gasteiger partial charge is 0.324 e. The molecule has 1 nitrogen and oxygen atoms in total. The van der Waals surface area contributed by atoms with E-state index in [4.69, 9.17) is 5.73 Å². The summed E-state index contributed by atoms with van der Waals surface area (Å²) in [5.41, 5.74) is 5.02. The van der Waals surface area contributed by atoms with Crippen LogP contribution >= 0.6 is 12.2 Å². The average Bonchev–Trinajstić information content (AvgIpc) is 1.38. The fourth-order valence-corrected chi connectivity index (χ4v) is 0. The molecule has 0 aromatic carbocycles. The Labute approximate surface area is 37.2 Å². The monoisotopic (exact) mass is 88.0 g/mol. The van der Waals surface area contributed by atoms with Gasteiger partial charge in [0, 0.05) is 6.04 Å². The second kappa shape index (κ2) is 2.30. The molecule has 1 atom stereocenters. The van der Waals surface area contributed by atoms with Crippen molar-refractivity contribution in [1.82, 2.24) is 0 Å². The molecular formula is C3H6NS. The molecule has 0 heterocycles. The molecule has 0 bridgehead atoms. The Bertz CT molecular complexity index is 33.9. The second-order valence-corrected chi connectivity index (χ2v) is 1.07. The third-order valence-electron chi connectivity index (χ3n) is 0.175. The molecule has 2 N–H and O–H groups in total. The first-order valence-electron chi connectivity index (χ1n) is 1.31. The Hall–Kier alpha value is 0.0500. The van der Waals surface area contributed by atoms with Crippen molar-refractivity contribution in [2.45, 2.75) is 6.04 Å². The van der Waals surface area contributed by atoms with Crippen molar-refractivity contribution in [1.29, 1.82) is 0 Å². The van der Waals surface area contributed by atoms with Crippen molar-refractivity contribution in [2.75, 3.05) is 0 Å². The van der Waals surface area contributed by atoms with E-state index in [9.17, 15) is 0 Å². The topological polar surface area (TPSA) is 26.0 Å². The van der Waals surface area contributed by atoms with Crippen LogP contribution in [0, 0.1) is 6.92 Å². The molecule has 0 aliphatic heterocycles. The van der Waals surface area contributed by atoms with Crippen molar-refractivity contribution in [2.24, 2.45) is 5.73 Å².